The quantitative estimate of drug-likeness (QED) is 0.0482. The molecule has 60 heteroatoms. The molecule has 0 aromatic heterocycles. The molecule has 4 N–H and O–H groups in total. The first-order chi connectivity index (χ1) is 37.0. The van der Waals surface area contributed by atoms with E-state index in [0.29, 0.717) is 0 Å². The van der Waals surface area contributed by atoms with Crippen LogP contribution in [0.15, 0.2) is 0 Å². The van der Waals surface area contributed by atoms with Gasteiger partial charge in [-0.3, -0.25) is 33.7 Å². The first-order valence-electron chi connectivity index (χ1n) is 21.8. The van der Waals surface area contributed by atoms with Crippen LogP contribution in [0.4, 0.5) is 0 Å². The number of quaternary nitrogens is 4. The van der Waals surface area contributed by atoms with Gasteiger partial charge in [0.25, 0.3) is 0 Å². The maximum Gasteiger partial charge on any atom is 4.00 e. The molecule has 0 amide bonds. The Balaban J connectivity index is -0.0000000165. The van der Waals surface area contributed by atoms with Gasteiger partial charge >= 0.3 is 148 Å². The monoisotopic (exact) mass is 2120 g/mol. The first kappa shape index (κ1) is 213. The van der Waals surface area contributed by atoms with E-state index in [1.54, 1.807) is 0 Å². The SMILES string of the molecule is CO.CO.CO.CO.C[N+](C)(C)C.C[N+](C)(C)C.C[N+](C)(C)C.C[N+](C)(C)C.O=S(=O)([O-])[O-].O=S(=O)([O-])[O-].O=S(=O)([O-])[O-].O=S(=O)([O-])[O-].[O-2].[O-2].[O-2].[O-2].[O-2].[O-2].[O-2].[O-2].[O-]CC(C[O-])(C[O-])CBr.[O-]CC(C[O-])(C[O-])CBr.[O-]CC(C[O-])(C[O-])CBr.[O-]CC(C[O-])(C[O-])CBr.[V+4].[V+4].[V+4].[V+4].[V+4].[V+4].[V+4].[V+4]. The predicted octanol–water partition coefficient (Wildman–Crippen LogP) is -16.8. The van der Waals surface area contributed by atoms with E-state index in [9.17, 15) is 61.3 Å². The number of aliphatic hydroxyl groups excluding tert-OH is 4. The zero-order chi connectivity index (χ0) is 73.3. The number of rotatable bonds is 16. The van der Waals surface area contributed by atoms with Crippen LogP contribution in [0.2, 0.25) is 0 Å². The maximum atomic E-state index is 10.2. The number of hydrogen-bond donors (Lipinski definition) is 4. The Morgan fingerprint density at radius 3 is 0.250 bits per heavy atom. The van der Waals surface area contributed by atoms with Crippen LogP contribution in [-0.4, -0.2) is 350 Å². The Bertz CT molecular complexity index is 1380. The fourth-order valence-corrected chi connectivity index (χ4v) is 2.91. The summed E-state index contributed by atoms with van der Waals surface area (Å²) < 4.78 is 140. The van der Waals surface area contributed by atoms with Gasteiger partial charge in [0.15, 0.2) is 0 Å². The van der Waals surface area contributed by atoms with Gasteiger partial charge in [0, 0.05) is 91.4 Å². The second kappa shape index (κ2) is 128. The van der Waals surface area contributed by atoms with E-state index in [4.69, 9.17) is 90.5 Å². The third-order valence-electron chi connectivity index (χ3n) is 4.81. The summed E-state index contributed by atoms with van der Waals surface area (Å²) in [6.07, 6.45) is 0. The Morgan fingerprint density at radius 1 is 0.220 bits per heavy atom. The molecule has 0 aromatic carbocycles. The molecule has 0 fully saturated rings. The second-order valence-electron chi connectivity index (χ2n) is 20.6. The van der Waals surface area contributed by atoms with E-state index in [2.05, 4.69) is 176 Å². The second-order valence-corrected chi connectivity index (χ2v) is 26.1. The predicted molar refractivity (Wildman–Crippen MR) is 299 cm³/mol. The summed E-state index contributed by atoms with van der Waals surface area (Å²) in [5, 5.41) is 151. The van der Waals surface area contributed by atoms with Gasteiger partial charge in [0.1, 0.15) is 0 Å². The molecule has 0 aliphatic rings. The minimum atomic E-state index is -5.17. The molecule has 0 aliphatic carbocycles. The summed E-state index contributed by atoms with van der Waals surface area (Å²) >= 11 is 11.8. The number of nitrogens with zero attached hydrogens (tertiary/aromatic N) is 4. The Morgan fingerprint density at radius 2 is 0.250 bits per heavy atom. The van der Waals surface area contributed by atoms with Crippen LogP contribution in [-0.2, 0) is 234 Å². The van der Waals surface area contributed by atoms with Crippen molar-refractivity contribution in [2.24, 2.45) is 21.7 Å². The van der Waals surface area contributed by atoms with Crippen LogP contribution < -0.4 is 61.3 Å². The van der Waals surface area contributed by atoms with Crippen LogP contribution in [0.25, 0.3) is 0 Å². The first-order valence-corrected chi connectivity index (χ1v) is 31.6. The van der Waals surface area contributed by atoms with Crippen molar-refractivity contribution in [1.82, 2.24) is 0 Å². The van der Waals surface area contributed by atoms with Crippen molar-refractivity contribution < 1.29 is 362 Å². The molecule has 0 atom stereocenters. The molecular formula is C40H96Br4N4O40S4V8. The third-order valence-corrected chi connectivity index (χ3v) is 9.57. The van der Waals surface area contributed by atoms with Gasteiger partial charge < -0.3 is 180 Å². The standard InChI is InChI=1S/4C5H8BrO3.4C4H12N.4CH4O.4H2O4S.8O.8V/c4*6-1-5(2-7,3-8)4-9;4*1-5(2,3)4;4*1-2;4*1-5(2,3)4;;;;;;;;;;;;;;;;/h4*1-4H2;4*1-4H3;4*2H,1H3;4*(H2,1,2,3,4);;;;;;;;;;;;;;;;/q4*-3;4*+1;;;;;;;;;8*-2;8*+4/p-8. The van der Waals surface area contributed by atoms with Gasteiger partial charge in [-0.15, -0.1) is 79.3 Å². The third kappa shape index (κ3) is 382. The molecule has 44 nitrogen and oxygen atoms in total. The van der Waals surface area contributed by atoms with Crippen molar-refractivity contribution in [3.8, 4) is 0 Å². The largest absolute Gasteiger partial charge is 4.00 e. The molecule has 608 valence electrons. The molecule has 8 radical (unpaired) electrons. The fourth-order valence-electron chi connectivity index (χ4n) is 0.963. The van der Waals surface area contributed by atoms with Gasteiger partial charge in [-0.2, -0.15) is 0 Å². The van der Waals surface area contributed by atoms with Crippen molar-refractivity contribution in [3.05, 3.63) is 0 Å². The van der Waals surface area contributed by atoms with E-state index in [0.717, 1.165) is 46.4 Å². The summed E-state index contributed by atoms with van der Waals surface area (Å²) in [6, 6.07) is 0. The zero-order valence-corrected chi connectivity index (χ0v) is 79.1. The molecule has 0 aliphatic heterocycles. The summed E-state index contributed by atoms with van der Waals surface area (Å²) in [6.45, 7) is -6.94. The summed E-state index contributed by atoms with van der Waals surface area (Å²) in [5.41, 5.74) is -4.33. The molecule has 0 heterocycles. The number of hydrogen-bond acceptors (Lipinski definition) is 32. The van der Waals surface area contributed by atoms with Gasteiger partial charge in [0.2, 0.25) is 0 Å². The van der Waals surface area contributed by atoms with E-state index in [1.807, 2.05) is 0 Å². The number of halogens is 4. The maximum absolute atomic E-state index is 10.2. The van der Waals surface area contributed by atoms with Crippen molar-refractivity contribution in [1.29, 1.82) is 0 Å². The molecule has 0 saturated heterocycles. The van der Waals surface area contributed by atoms with Crippen LogP contribution in [0.1, 0.15) is 0 Å². The normalized spacial score (nSPS) is 9.28. The van der Waals surface area contributed by atoms with E-state index in [-0.39, 0.29) is 214 Å². The minimum Gasteiger partial charge on any atom is -2.00 e. The Hall–Kier alpha value is 4.96. The van der Waals surface area contributed by atoms with Gasteiger partial charge in [-0.05, 0) is 0 Å². The van der Waals surface area contributed by atoms with Crippen molar-refractivity contribution >= 4 is 105 Å². The molecule has 0 saturated carbocycles. The average molecular weight is 2130 g/mol. The van der Waals surface area contributed by atoms with Crippen LogP contribution in [0.3, 0.4) is 0 Å². The van der Waals surface area contributed by atoms with Crippen molar-refractivity contribution in [2.45, 2.75) is 0 Å². The smallest absolute Gasteiger partial charge is 2.00 e. The Kier molecular flexibility index (Phi) is 272. The molecule has 0 rings (SSSR count). The molecule has 0 unspecified atom stereocenters. The van der Waals surface area contributed by atoms with Crippen molar-refractivity contribution in [2.75, 3.05) is 242 Å². The molecule has 0 spiro atoms. The summed E-state index contributed by atoms with van der Waals surface area (Å²) in [7, 11) is 17.3. The van der Waals surface area contributed by atoms with Gasteiger partial charge in [-0.1, -0.05) is 85.4 Å². The molecule has 100 heavy (non-hydrogen) atoms. The van der Waals surface area contributed by atoms with Gasteiger partial charge in [-0.25, -0.2) is 0 Å². The fraction of sp³-hybridized carbons (Fsp3) is 1.00. The Labute approximate surface area is 723 Å². The van der Waals surface area contributed by atoms with Crippen LogP contribution in [0, 0.1) is 21.7 Å². The topological polar surface area (TPSA) is 907 Å². The zero-order valence-electron chi connectivity index (χ0n) is 58.3. The molecular weight excluding hydrogens is 2030 g/mol. The van der Waals surface area contributed by atoms with E-state index < -0.39 is 143 Å². The van der Waals surface area contributed by atoms with Crippen LogP contribution in [0.5, 0.6) is 0 Å². The molecule has 0 bridgehead atoms. The summed E-state index contributed by atoms with van der Waals surface area (Å²) in [4.78, 5) is 0. The number of alkyl halides is 4. The average Bonchev–Trinajstić information content (AvgIpc) is 3.32. The van der Waals surface area contributed by atoms with E-state index >= 15 is 0 Å². The molecule has 0 aromatic rings. The van der Waals surface area contributed by atoms with Gasteiger partial charge in [0.05, 0.1) is 113 Å². The summed E-state index contributed by atoms with van der Waals surface area (Å²) in [5.74, 6) is 0. The number of aliphatic hydroxyl groups is 4. The van der Waals surface area contributed by atoms with E-state index in [1.165, 1.54) is 0 Å². The van der Waals surface area contributed by atoms with Crippen molar-refractivity contribution in [3.63, 3.8) is 0 Å². The van der Waals surface area contributed by atoms with Crippen LogP contribution >= 0.6 is 63.7 Å². The minimum absolute atomic E-state index is 0.